The third-order valence-corrected chi connectivity index (χ3v) is 1.34. The minimum absolute atomic E-state index is 0.792. The summed E-state index contributed by atoms with van der Waals surface area (Å²) in [5.41, 5.74) is -0.792. The van der Waals surface area contributed by atoms with Crippen molar-refractivity contribution in [1.82, 2.24) is 0 Å². The number of hydrogen-bond acceptors (Lipinski definition) is 4. The summed E-state index contributed by atoms with van der Waals surface area (Å²) in [5, 5.41) is 17.8. The van der Waals surface area contributed by atoms with Crippen LogP contribution in [0.5, 0.6) is 0 Å². The third-order valence-electron chi connectivity index (χ3n) is 1.34. The number of aliphatic hydroxyl groups excluding tert-OH is 2. The van der Waals surface area contributed by atoms with E-state index in [1.165, 1.54) is 0 Å². The van der Waals surface area contributed by atoms with Crippen LogP contribution in [0.4, 0.5) is 0 Å². The molecule has 2 atom stereocenters. The van der Waals surface area contributed by atoms with Gasteiger partial charge in [0.15, 0.2) is 0 Å². The minimum atomic E-state index is -1.21. The summed E-state index contributed by atoms with van der Waals surface area (Å²) < 4.78 is 0. The van der Waals surface area contributed by atoms with E-state index in [9.17, 15) is 0 Å². The van der Waals surface area contributed by atoms with Gasteiger partial charge in [0.05, 0.1) is 0 Å². The molecule has 4 heteroatoms. The lowest BCUT2D eigenvalue weighted by Crippen LogP contribution is -2.37. The predicted molar refractivity (Wildman–Crippen MR) is 28.3 cm³/mol. The number of rotatable bonds is 0. The topological polar surface area (TPSA) is 58.9 Å². The monoisotopic (exact) mass is 134 g/mol. The highest BCUT2D eigenvalue weighted by Gasteiger charge is 2.43. The van der Waals surface area contributed by atoms with Gasteiger partial charge in [0.1, 0.15) is 11.7 Å². The van der Waals surface area contributed by atoms with Crippen LogP contribution < -0.4 is 0 Å². The lowest BCUT2D eigenvalue weighted by atomic mass is 10.0. The predicted octanol–water partition coefficient (Wildman–Crippen LogP) is -0.594. The molecule has 1 fully saturated rings. The van der Waals surface area contributed by atoms with Crippen molar-refractivity contribution in [2.75, 3.05) is 0 Å². The van der Waals surface area contributed by atoms with E-state index in [0.29, 0.717) is 0 Å². The van der Waals surface area contributed by atoms with Crippen LogP contribution in [0.15, 0.2) is 0 Å². The van der Waals surface area contributed by atoms with Crippen LogP contribution in [0.2, 0.25) is 0 Å². The van der Waals surface area contributed by atoms with Crippen LogP contribution >= 0.6 is 0 Å². The zero-order valence-electron chi connectivity index (χ0n) is 5.37. The standard InChI is InChI=1S/C5H10O4/c1-5(2)3(6)4(7)8-9-5/h3-4,6-7H,1-2H3. The molecule has 0 aliphatic carbocycles. The van der Waals surface area contributed by atoms with E-state index in [1.807, 2.05) is 0 Å². The van der Waals surface area contributed by atoms with Crippen molar-refractivity contribution < 1.29 is 20.0 Å². The van der Waals surface area contributed by atoms with E-state index < -0.39 is 18.0 Å². The highest BCUT2D eigenvalue weighted by Crippen LogP contribution is 2.25. The first kappa shape index (κ1) is 6.95. The first-order valence-corrected chi connectivity index (χ1v) is 2.74. The van der Waals surface area contributed by atoms with Crippen molar-refractivity contribution >= 4 is 0 Å². The van der Waals surface area contributed by atoms with Gasteiger partial charge in [0.25, 0.3) is 0 Å². The van der Waals surface area contributed by atoms with Gasteiger partial charge in [-0.1, -0.05) is 0 Å². The van der Waals surface area contributed by atoms with Crippen molar-refractivity contribution in [3.8, 4) is 0 Å². The lowest BCUT2D eigenvalue weighted by Gasteiger charge is -2.16. The molecule has 4 nitrogen and oxygen atoms in total. The Balaban J connectivity index is 2.62. The van der Waals surface area contributed by atoms with E-state index in [2.05, 4.69) is 9.78 Å². The van der Waals surface area contributed by atoms with Crippen LogP contribution in [-0.4, -0.2) is 28.2 Å². The van der Waals surface area contributed by atoms with Crippen LogP contribution in [0.3, 0.4) is 0 Å². The van der Waals surface area contributed by atoms with E-state index in [0.717, 1.165) is 0 Å². The fourth-order valence-electron chi connectivity index (χ4n) is 0.619. The van der Waals surface area contributed by atoms with E-state index in [1.54, 1.807) is 13.8 Å². The van der Waals surface area contributed by atoms with Crippen molar-refractivity contribution in [3.05, 3.63) is 0 Å². The summed E-state index contributed by atoms with van der Waals surface area (Å²) in [6.45, 7) is 3.27. The number of aliphatic hydroxyl groups is 2. The molecular weight excluding hydrogens is 124 g/mol. The van der Waals surface area contributed by atoms with Gasteiger partial charge in [-0.2, -0.15) is 0 Å². The first-order chi connectivity index (χ1) is 4.04. The molecule has 0 radical (unpaired) electrons. The second-order valence-electron chi connectivity index (χ2n) is 2.62. The largest absolute Gasteiger partial charge is 0.385 e. The maximum absolute atomic E-state index is 9.03. The Labute approximate surface area is 52.9 Å². The molecule has 9 heavy (non-hydrogen) atoms. The fourth-order valence-corrected chi connectivity index (χ4v) is 0.619. The summed E-state index contributed by atoms with van der Waals surface area (Å²) in [5.74, 6) is 0. The van der Waals surface area contributed by atoms with E-state index in [-0.39, 0.29) is 0 Å². The van der Waals surface area contributed by atoms with Crippen molar-refractivity contribution in [2.24, 2.45) is 0 Å². The van der Waals surface area contributed by atoms with Crippen LogP contribution in [0.1, 0.15) is 13.8 Å². The van der Waals surface area contributed by atoms with Gasteiger partial charge in [-0.05, 0) is 13.8 Å². The Bertz CT molecular complexity index is 112. The molecule has 2 N–H and O–H groups in total. The van der Waals surface area contributed by atoms with Gasteiger partial charge in [-0.15, -0.1) is 0 Å². The molecule has 0 bridgehead atoms. The smallest absolute Gasteiger partial charge is 0.218 e. The van der Waals surface area contributed by atoms with Gasteiger partial charge < -0.3 is 10.2 Å². The zero-order valence-corrected chi connectivity index (χ0v) is 5.37. The number of hydrogen-bond donors (Lipinski definition) is 2. The van der Waals surface area contributed by atoms with Crippen molar-refractivity contribution in [2.45, 2.75) is 31.8 Å². The molecule has 0 aromatic carbocycles. The van der Waals surface area contributed by atoms with Gasteiger partial charge in [-0.25, -0.2) is 9.78 Å². The van der Waals surface area contributed by atoms with Crippen LogP contribution in [0, 0.1) is 0 Å². The van der Waals surface area contributed by atoms with E-state index >= 15 is 0 Å². The molecular formula is C5H10O4. The Morgan fingerprint density at radius 2 is 1.89 bits per heavy atom. The van der Waals surface area contributed by atoms with E-state index in [4.69, 9.17) is 10.2 Å². The van der Waals surface area contributed by atoms with Crippen LogP contribution in [-0.2, 0) is 9.78 Å². The van der Waals surface area contributed by atoms with Gasteiger partial charge in [0.2, 0.25) is 6.29 Å². The highest BCUT2D eigenvalue weighted by atomic mass is 17.2. The average molecular weight is 134 g/mol. The molecule has 2 unspecified atom stereocenters. The fraction of sp³-hybridized carbons (Fsp3) is 1.00. The summed E-state index contributed by atoms with van der Waals surface area (Å²) in [4.78, 5) is 8.85. The molecule has 0 aromatic heterocycles. The molecule has 0 spiro atoms. The molecule has 54 valence electrons. The summed E-state index contributed by atoms with van der Waals surface area (Å²) in [6.07, 6.45) is -2.17. The molecule has 0 saturated carbocycles. The van der Waals surface area contributed by atoms with Crippen molar-refractivity contribution in [1.29, 1.82) is 0 Å². The molecule has 1 aliphatic rings. The molecule has 1 aliphatic heterocycles. The third kappa shape index (κ3) is 1.07. The highest BCUT2D eigenvalue weighted by molar-refractivity contribution is 4.82. The Morgan fingerprint density at radius 1 is 1.33 bits per heavy atom. The lowest BCUT2D eigenvalue weighted by molar-refractivity contribution is -0.349. The Morgan fingerprint density at radius 3 is 2.00 bits per heavy atom. The maximum atomic E-state index is 9.03. The maximum Gasteiger partial charge on any atom is 0.218 e. The summed E-state index contributed by atoms with van der Waals surface area (Å²) in [7, 11) is 0. The second kappa shape index (κ2) is 1.91. The molecule has 0 amide bonds. The zero-order chi connectivity index (χ0) is 7.07. The SMILES string of the molecule is CC1(C)OOC(O)C1O. The van der Waals surface area contributed by atoms with Crippen molar-refractivity contribution in [3.63, 3.8) is 0 Å². The van der Waals surface area contributed by atoms with Gasteiger partial charge >= 0.3 is 0 Å². The molecule has 0 aromatic rings. The quantitative estimate of drug-likeness (QED) is 0.434. The second-order valence-corrected chi connectivity index (χ2v) is 2.62. The minimum Gasteiger partial charge on any atom is -0.385 e. The van der Waals surface area contributed by atoms with Gasteiger partial charge in [0, 0.05) is 0 Å². The first-order valence-electron chi connectivity index (χ1n) is 2.74. The summed E-state index contributed by atoms with van der Waals surface area (Å²) in [6, 6.07) is 0. The molecule has 1 saturated heterocycles. The normalized spacial score (nSPS) is 41.3. The summed E-state index contributed by atoms with van der Waals surface area (Å²) >= 11 is 0. The average Bonchev–Trinajstić information content (AvgIpc) is 1.97. The van der Waals surface area contributed by atoms with Crippen LogP contribution in [0.25, 0.3) is 0 Å². The Hall–Kier alpha value is -0.160. The molecule has 1 heterocycles. The molecule has 1 rings (SSSR count). The Kier molecular flexibility index (Phi) is 1.48. The van der Waals surface area contributed by atoms with Gasteiger partial charge in [-0.3, -0.25) is 0 Å².